The molecule has 0 amide bonds. The zero-order valence-corrected chi connectivity index (χ0v) is 16.4. The van der Waals surface area contributed by atoms with Gasteiger partial charge in [0.2, 0.25) is 0 Å². The maximum absolute atomic E-state index is 5.39. The van der Waals surface area contributed by atoms with Crippen molar-refractivity contribution < 1.29 is 4.74 Å². The Labute approximate surface area is 171 Å². The maximum Gasteiger partial charge on any atom is 0.118 e. The van der Waals surface area contributed by atoms with E-state index in [9.17, 15) is 0 Å². The van der Waals surface area contributed by atoms with E-state index in [0.717, 1.165) is 5.75 Å². The third kappa shape index (κ3) is 3.05. The number of allylic oxidation sites excluding steroid dienone is 1. The Balaban J connectivity index is 1.82. The highest BCUT2D eigenvalue weighted by atomic mass is 16.5. The molecule has 0 radical (unpaired) electrons. The van der Waals surface area contributed by atoms with Crippen molar-refractivity contribution >= 4 is 11.1 Å². The lowest BCUT2D eigenvalue weighted by Gasteiger charge is -2.18. The summed E-state index contributed by atoms with van der Waals surface area (Å²) in [6, 6.07) is 38.8. The number of fused-ring (bicyclic) bond motifs is 1. The zero-order chi connectivity index (χ0) is 19.6. The molecule has 1 atom stereocenters. The molecule has 140 valence electrons. The highest BCUT2D eigenvalue weighted by Gasteiger charge is 2.33. The standard InChI is InChI=1S/C28H22O/c1-29-23-18-16-22(17-19-23)27-25-15-9-8-14-24(25)26(20-10-4-2-5-11-20)28(27)21-12-6-3-7-13-21/h2-19,26H,1H3. The predicted molar refractivity (Wildman–Crippen MR) is 120 cm³/mol. The Morgan fingerprint density at radius 3 is 1.90 bits per heavy atom. The fraction of sp³-hybridized carbons (Fsp3) is 0.0714. The van der Waals surface area contributed by atoms with Crippen LogP contribution >= 0.6 is 0 Å². The average Bonchev–Trinajstić information content (AvgIpc) is 3.15. The van der Waals surface area contributed by atoms with Crippen molar-refractivity contribution in [2.75, 3.05) is 7.11 Å². The molecular weight excluding hydrogens is 352 g/mol. The molecule has 4 aromatic rings. The number of benzene rings is 4. The van der Waals surface area contributed by atoms with Gasteiger partial charge in [-0.3, -0.25) is 0 Å². The fourth-order valence-electron chi connectivity index (χ4n) is 4.41. The number of hydrogen-bond acceptors (Lipinski definition) is 1. The molecule has 0 N–H and O–H groups in total. The molecule has 5 rings (SSSR count). The van der Waals surface area contributed by atoms with Gasteiger partial charge in [-0.15, -0.1) is 0 Å². The molecule has 0 heterocycles. The number of methoxy groups -OCH3 is 1. The molecule has 1 aliphatic rings. The number of hydrogen-bond donors (Lipinski definition) is 0. The van der Waals surface area contributed by atoms with Gasteiger partial charge in [0.1, 0.15) is 5.75 Å². The lowest BCUT2D eigenvalue weighted by molar-refractivity contribution is 0.415. The van der Waals surface area contributed by atoms with Crippen LogP contribution in [0.3, 0.4) is 0 Å². The molecular formula is C28H22O. The molecule has 0 spiro atoms. The van der Waals surface area contributed by atoms with E-state index in [1.54, 1.807) is 7.11 Å². The SMILES string of the molecule is COc1ccc(C2=C(c3ccccc3)C(c3ccccc3)c3ccccc32)cc1. The van der Waals surface area contributed by atoms with Gasteiger partial charge >= 0.3 is 0 Å². The fourth-order valence-corrected chi connectivity index (χ4v) is 4.41. The second-order valence-corrected chi connectivity index (χ2v) is 7.31. The predicted octanol–water partition coefficient (Wildman–Crippen LogP) is 6.80. The molecule has 0 fully saturated rings. The van der Waals surface area contributed by atoms with Crippen LogP contribution < -0.4 is 4.74 Å². The van der Waals surface area contributed by atoms with E-state index in [2.05, 4.69) is 97.1 Å². The van der Waals surface area contributed by atoms with Gasteiger partial charge in [0, 0.05) is 5.92 Å². The summed E-state index contributed by atoms with van der Waals surface area (Å²) < 4.78 is 5.39. The van der Waals surface area contributed by atoms with Crippen LogP contribution in [-0.4, -0.2) is 7.11 Å². The Morgan fingerprint density at radius 2 is 1.21 bits per heavy atom. The summed E-state index contributed by atoms with van der Waals surface area (Å²) in [6.07, 6.45) is 0. The minimum absolute atomic E-state index is 0.215. The van der Waals surface area contributed by atoms with Crippen LogP contribution in [0.25, 0.3) is 11.1 Å². The third-order valence-corrected chi connectivity index (χ3v) is 5.70. The summed E-state index contributed by atoms with van der Waals surface area (Å²) in [5, 5.41) is 0. The first kappa shape index (κ1) is 17.5. The Kier molecular flexibility index (Phi) is 4.50. The van der Waals surface area contributed by atoms with Crippen LogP contribution in [0.5, 0.6) is 5.75 Å². The Morgan fingerprint density at radius 1 is 0.586 bits per heavy atom. The molecule has 0 aliphatic heterocycles. The van der Waals surface area contributed by atoms with Crippen molar-refractivity contribution in [3.05, 3.63) is 137 Å². The minimum atomic E-state index is 0.215. The first-order valence-electron chi connectivity index (χ1n) is 9.95. The number of ether oxygens (including phenoxy) is 1. The molecule has 0 saturated heterocycles. The minimum Gasteiger partial charge on any atom is -0.497 e. The second kappa shape index (κ2) is 7.44. The van der Waals surface area contributed by atoms with Crippen molar-refractivity contribution in [2.24, 2.45) is 0 Å². The topological polar surface area (TPSA) is 9.23 Å². The van der Waals surface area contributed by atoms with Crippen molar-refractivity contribution in [3.63, 3.8) is 0 Å². The van der Waals surface area contributed by atoms with E-state index >= 15 is 0 Å². The van der Waals surface area contributed by atoms with Crippen molar-refractivity contribution in [2.45, 2.75) is 5.92 Å². The molecule has 1 aliphatic carbocycles. The van der Waals surface area contributed by atoms with Gasteiger partial charge in [-0.2, -0.15) is 0 Å². The van der Waals surface area contributed by atoms with Gasteiger partial charge in [0.25, 0.3) is 0 Å². The first-order valence-corrected chi connectivity index (χ1v) is 9.95. The lowest BCUT2D eigenvalue weighted by Crippen LogP contribution is -2.01. The molecule has 1 nitrogen and oxygen atoms in total. The van der Waals surface area contributed by atoms with Gasteiger partial charge in [-0.25, -0.2) is 0 Å². The van der Waals surface area contributed by atoms with Gasteiger partial charge in [0.15, 0.2) is 0 Å². The van der Waals surface area contributed by atoms with Gasteiger partial charge in [-0.1, -0.05) is 97.1 Å². The van der Waals surface area contributed by atoms with E-state index in [1.165, 1.54) is 39.0 Å². The summed E-state index contributed by atoms with van der Waals surface area (Å²) in [5.74, 6) is 1.09. The second-order valence-electron chi connectivity index (χ2n) is 7.31. The highest BCUT2D eigenvalue weighted by molar-refractivity contribution is 6.06. The number of rotatable bonds is 4. The zero-order valence-electron chi connectivity index (χ0n) is 16.4. The van der Waals surface area contributed by atoms with E-state index < -0.39 is 0 Å². The molecule has 0 bridgehead atoms. The van der Waals surface area contributed by atoms with Crippen LogP contribution in [0.1, 0.15) is 33.7 Å². The van der Waals surface area contributed by atoms with Gasteiger partial charge in [-0.05, 0) is 51.1 Å². The molecule has 1 heteroatoms. The van der Waals surface area contributed by atoms with Crippen molar-refractivity contribution in [1.82, 2.24) is 0 Å². The van der Waals surface area contributed by atoms with Gasteiger partial charge < -0.3 is 4.74 Å². The first-order chi connectivity index (χ1) is 14.4. The normalized spacial score (nSPS) is 15.3. The maximum atomic E-state index is 5.39. The molecule has 0 aromatic heterocycles. The van der Waals surface area contributed by atoms with Crippen LogP contribution in [0.15, 0.2) is 109 Å². The monoisotopic (exact) mass is 374 g/mol. The molecule has 4 aromatic carbocycles. The van der Waals surface area contributed by atoms with Crippen LogP contribution in [0.4, 0.5) is 0 Å². The van der Waals surface area contributed by atoms with Crippen LogP contribution in [-0.2, 0) is 0 Å². The summed E-state index contributed by atoms with van der Waals surface area (Å²) in [7, 11) is 1.71. The average molecular weight is 374 g/mol. The van der Waals surface area contributed by atoms with E-state index in [1.807, 2.05) is 12.1 Å². The molecule has 29 heavy (non-hydrogen) atoms. The van der Waals surface area contributed by atoms with E-state index in [0.29, 0.717) is 0 Å². The van der Waals surface area contributed by atoms with Crippen molar-refractivity contribution in [3.8, 4) is 5.75 Å². The van der Waals surface area contributed by atoms with E-state index in [-0.39, 0.29) is 5.92 Å². The summed E-state index contributed by atoms with van der Waals surface area (Å²) in [6.45, 7) is 0. The van der Waals surface area contributed by atoms with Gasteiger partial charge in [0.05, 0.1) is 7.11 Å². The Bertz CT molecular complexity index is 1160. The summed E-state index contributed by atoms with van der Waals surface area (Å²) >= 11 is 0. The third-order valence-electron chi connectivity index (χ3n) is 5.70. The van der Waals surface area contributed by atoms with Crippen molar-refractivity contribution in [1.29, 1.82) is 0 Å². The quantitative estimate of drug-likeness (QED) is 0.382. The van der Waals surface area contributed by atoms with Crippen LogP contribution in [0, 0.1) is 0 Å². The largest absolute Gasteiger partial charge is 0.497 e. The summed E-state index contributed by atoms with van der Waals surface area (Å²) in [4.78, 5) is 0. The van der Waals surface area contributed by atoms with Crippen LogP contribution in [0.2, 0.25) is 0 Å². The molecule has 0 saturated carbocycles. The smallest absolute Gasteiger partial charge is 0.118 e. The molecule has 1 unspecified atom stereocenters. The van der Waals surface area contributed by atoms with E-state index in [4.69, 9.17) is 4.74 Å². The lowest BCUT2D eigenvalue weighted by atomic mass is 9.84. The Hall–Kier alpha value is -3.58. The summed E-state index contributed by atoms with van der Waals surface area (Å²) in [5.41, 5.74) is 9.15. The highest BCUT2D eigenvalue weighted by Crippen LogP contribution is 2.52.